The molecule has 4 nitrogen and oxygen atoms in total. The van der Waals surface area contributed by atoms with Crippen LogP contribution in [0.3, 0.4) is 0 Å². The Bertz CT molecular complexity index is 209. The van der Waals surface area contributed by atoms with Crippen molar-refractivity contribution in [1.29, 1.82) is 0 Å². The molecular weight excluding hydrogens is 160 g/mol. The number of hydrogen-bond acceptors (Lipinski definition) is 4. The molecule has 0 heterocycles. The van der Waals surface area contributed by atoms with Crippen molar-refractivity contribution in [2.75, 3.05) is 7.11 Å². The van der Waals surface area contributed by atoms with Crippen LogP contribution in [0.2, 0.25) is 0 Å². The van der Waals surface area contributed by atoms with Crippen molar-refractivity contribution in [3.8, 4) is 0 Å². The summed E-state index contributed by atoms with van der Waals surface area (Å²) in [6.07, 6.45) is 0.616. The van der Waals surface area contributed by atoms with Crippen molar-refractivity contribution >= 4 is 5.97 Å². The molecule has 0 amide bonds. The molecule has 0 bridgehead atoms. The van der Waals surface area contributed by atoms with E-state index in [0.29, 0.717) is 12.0 Å². The molecule has 0 unspecified atom stereocenters. The molecule has 12 heavy (non-hydrogen) atoms. The number of methoxy groups -OCH3 is 1. The molecule has 0 aliphatic heterocycles. The zero-order valence-corrected chi connectivity index (χ0v) is 6.86. The largest absolute Gasteiger partial charge is 0.466 e. The predicted octanol–water partition coefficient (Wildman–Crippen LogP) is -0.399. The molecule has 0 saturated heterocycles. The monoisotopic (exact) mass is 172 g/mol. The van der Waals surface area contributed by atoms with Gasteiger partial charge in [0.05, 0.1) is 19.3 Å². The first-order valence-corrected chi connectivity index (χ1v) is 3.78. The van der Waals surface area contributed by atoms with Crippen molar-refractivity contribution in [3.05, 3.63) is 11.6 Å². The SMILES string of the molecule is COC(=O)C1=C[C@H](O)C[C@H](O)C1. The van der Waals surface area contributed by atoms with Gasteiger partial charge in [-0.15, -0.1) is 0 Å². The third kappa shape index (κ3) is 2.06. The van der Waals surface area contributed by atoms with E-state index in [0.717, 1.165) is 0 Å². The van der Waals surface area contributed by atoms with Crippen molar-refractivity contribution in [1.82, 2.24) is 0 Å². The lowest BCUT2D eigenvalue weighted by Crippen LogP contribution is -2.25. The lowest BCUT2D eigenvalue weighted by Gasteiger charge is -2.20. The van der Waals surface area contributed by atoms with Crippen LogP contribution in [-0.4, -0.2) is 35.5 Å². The summed E-state index contributed by atoms with van der Waals surface area (Å²) in [6.45, 7) is 0. The molecule has 2 atom stereocenters. The molecule has 68 valence electrons. The first kappa shape index (κ1) is 9.22. The van der Waals surface area contributed by atoms with Gasteiger partial charge < -0.3 is 14.9 Å². The van der Waals surface area contributed by atoms with Crippen LogP contribution in [0.1, 0.15) is 12.8 Å². The summed E-state index contributed by atoms with van der Waals surface area (Å²) in [4.78, 5) is 10.9. The molecule has 0 saturated carbocycles. The van der Waals surface area contributed by atoms with Crippen molar-refractivity contribution in [2.24, 2.45) is 0 Å². The number of aliphatic hydroxyl groups is 2. The lowest BCUT2D eigenvalue weighted by atomic mass is 9.95. The predicted molar refractivity (Wildman–Crippen MR) is 41.3 cm³/mol. The number of esters is 1. The average Bonchev–Trinajstić information content (AvgIpc) is 2.01. The topological polar surface area (TPSA) is 66.8 Å². The second-order valence-electron chi connectivity index (χ2n) is 2.84. The van der Waals surface area contributed by atoms with Crippen LogP contribution in [0.4, 0.5) is 0 Å². The van der Waals surface area contributed by atoms with E-state index < -0.39 is 18.2 Å². The van der Waals surface area contributed by atoms with Gasteiger partial charge in [0.2, 0.25) is 0 Å². The number of carbonyl (C=O) groups excluding carboxylic acids is 1. The highest BCUT2D eigenvalue weighted by molar-refractivity contribution is 5.88. The normalized spacial score (nSPS) is 29.4. The van der Waals surface area contributed by atoms with Crippen LogP contribution in [0, 0.1) is 0 Å². The van der Waals surface area contributed by atoms with Gasteiger partial charge in [-0.1, -0.05) is 0 Å². The Labute approximate surface area is 70.5 Å². The minimum absolute atomic E-state index is 0.268. The second kappa shape index (κ2) is 3.69. The molecule has 1 aliphatic carbocycles. The van der Waals surface area contributed by atoms with Crippen molar-refractivity contribution in [2.45, 2.75) is 25.0 Å². The lowest BCUT2D eigenvalue weighted by molar-refractivity contribution is -0.136. The molecule has 0 aromatic rings. The Morgan fingerprint density at radius 2 is 2.33 bits per heavy atom. The van der Waals surface area contributed by atoms with Crippen molar-refractivity contribution < 1.29 is 19.7 Å². The van der Waals surface area contributed by atoms with Crippen molar-refractivity contribution in [3.63, 3.8) is 0 Å². The first-order chi connectivity index (χ1) is 5.63. The summed E-state index contributed by atoms with van der Waals surface area (Å²) in [5.74, 6) is -0.479. The fraction of sp³-hybridized carbons (Fsp3) is 0.625. The molecule has 0 spiro atoms. The zero-order valence-electron chi connectivity index (χ0n) is 6.86. The Morgan fingerprint density at radius 1 is 1.67 bits per heavy atom. The molecule has 0 radical (unpaired) electrons. The third-order valence-electron chi connectivity index (χ3n) is 1.81. The van der Waals surface area contributed by atoms with E-state index in [1.54, 1.807) is 0 Å². The molecule has 4 heteroatoms. The van der Waals surface area contributed by atoms with E-state index >= 15 is 0 Å². The van der Waals surface area contributed by atoms with Crippen LogP contribution < -0.4 is 0 Å². The van der Waals surface area contributed by atoms with E-state index in [1.807, 2.05) is 0 Å². The van der Waals surface area contributed by atoms with Crippen LogP contribution in [0.15, 0.2) is 11.6 Å². The maximum absolute atomic E-state index is 10.9. The first-order valence-electron chi connectivity index (χ1n) is 3.78. The van der Waals surface area contributed by atoms with Gasteiger partial charge in [-0.25, -0.2) is 4.79 Å². The average molecular weight is 172 g/mol. The van der Waals surface area contributed by atoms with E-state index in [1.165, 1.54) is 13.2 Å². The summed E-state index contributed by atoms with van der Waals surface area (Å²) in [5.41, 5.74) is 0.351. The van der Waals surface area contributed by atoms with Gasteiger partial charge in [0.15, 0.2) is 0 Å². The maximum atomic E-state index is 10.9. The number of rotatable bonds is 1. The highest BCUT2D eigenvalue weighted by Crippen LogP contribution is 2.19. The second-order valence-corrected chi connectivity index (χ2v) is 2.84. The fourth-order valence-electron chi connectivity index (χ4n) is 1.27. The summed E-state index contributed by atoms with van der Waals surface area (Å²) in [7, 11) is 1.27. The number of aliphatic hydroxyl groups excluding tert-OH is 2. The van der Waals surface area contributed by atoms with Crippen LogP contribution in [0.25, 0.3) is 0 Å². The van der Waals surface area contributed by atoms with E-state index in [9.17, 15) is 9.90 Å². The van der Waals surface area contributed by atoms with Gasteiger partial charge in [-0.05, 0) is 6.08 Å². The van der Waals surface area contributed by atoms with Gasteiger partial charge in [0, 0.05) is 18.4 Å². The molecule has 1 rings (SSSR count). The molecule has 1 aliphatic rings. The smallest absolute Gasteiger partial charge is 0.333 e. The van der Waals surface area contributed by atoms with E-state index in [4.69, 9.17) is 5.11 Å². The Balaban J connectivity index is 2.69. The highest BCUT2D eigenvalue weighted by atomic mass is 16.5. The van der Waals surface area contributed by atoms with Crippen LogP contribution in [-0.2, 0) is 9.53 Å². The van der Waals surface area contributed by atoms with Crippen LogP contribution >= 0.6 is 0 Å². The van der Waals surface area contributed by atoms with Gasteiger partial charge in [-0.2, -0.15) is 0 Å². The number of ether oxygens (including phenoxy) is 1. The Morgan fingerprint density at radius 3 is 2.83 bits per heavy atom. The molecule has 0 fully saturated rings. The molecular formula is C8H12O4. The third-order valence-corrected chi connectivity index (χ3v) is 1.81. The van der Waals surface area contributed by atoms with Gasteiger partial charge in [0.25, 0.3) is 0 Å². The summed E-state index contributed by atoms with van der Waals surface area (Å²) in [6, 6.07) is 0. The standard InChI is InChI=1S/C8H12O4/c1-12-8(11)5-2-6(9)4-7(10)3-5/h2,6-7,9-10H,3-4H2,1H3/t6-,7+/m0/s1. The minimum atomic E-state index is -0.733. The highest BCUT2D eigenvalue weighted by Gasteiger charge is 2.23. The van der Waals surface area contributed by atoms with Gasteiger partial charge in [-0.3, -0.25) is 0 Å². The number of carbonyl (C=O) groups is 1. The Hall–Kier alpha value is -0.870. The van der Waals surface area contributed by atoms with Gasteiger partial charge >= 0.3 is 5.97 Å². The molecule has 2 N–H and O–H groups in total. The fourth-order valence-corrected chi connectivity index (χ4v) is 1.27. The Kier molecular flexibility index (Phi) is 2.83. The van der Waals surface area contributed by atoms with Gasteiger partial charge in [0.1, 0.15) is 0 Å². The number of hydrogen-bond donors (Lipinski definition) is 2. The summed E-state index contributed by atoms with van der Waals surface area (Å²) in [5, 5.41) is 18.3. The minimum Gasteiger partial charge on any atom is -0.466 e. The maximum Gasteiger partial charge on any atom is 0.333 e. The molecule has 0 aromatic carbocycles. The van der Waals surface area contributed by atoms with Crippen LogP contribution in [0.5, 0.6) is 0 Å². The summed E-state index contributed by atoms with van der Waals surface area (Å²) >= 11 is 0. The molecule has 0 aromatic heterocycles. The quantitative estimate of drug-likeness (QED) is 0.528. The summed E-state index contributed by atoms with van der Waals surface area (Å²) < 4.78 is 4.46. The van der Waals surface area contributed by atoms with E-state index in [2.05, 4.69) is 4.74 Å². The zero-order chi connectivity index (χ0) is 9.14. The van der Waals surface area contributed by atoms with E-state index in [-0.39, 0.29) is 6.42 Å².